The van der Waals surface area contributed by atoms with Gasteiger partial charge >= 0.3 is 6.03 Å². The monoisotopic (exact) mass is 424 g/mol. The second-order valence-electron chi connectivity index (χ2n) is 7.33. The van der Waals surface area contributed by atoms with Gasteiger partial charge in [-0.15, -0.1) is 0 Å². The standard InChI is InChI=1S/C23H28N4O4/c28-21(12-11-20-10-6-16-31-20)24-14-13-22(29)27-15-5-4-9-19(27)17-25-23(30)26-18-7-2-1-3-8-18/h1-3,6-8,10-12,16,19H,4-5,9,13-15,17H2,(H,24,28)(H2,25,26,30)/b12-11+. The predicted molar refractivity (Wildman–Crippen MR) is 118 cm³/mol. The first-order chi connectivity index (χ1) is 15.1. The van der Waals surface area contributed by atoms with Crippen LogP contribution in [-0.2, 0) is 9.59 Å². The van der Waals surface area contributed by atoms with E-state index in [1.165, 1.54) is 12.3 Å². The fourth-order valence-electron chi connectivity index (χ4n) is 3.49. The first-order valence-electron chi connectivity index (χ1n) is 10.5. The molecule has 8 heteroatoms. The van der Waals surface area contributed by atoms with Crippen molar-refractivity contribution in [2.45, 2.75) is 31.7 Å². The van der Waals surface area contributed by atoms with Crippen molar-refractivity contribution in [2.75, 3.05) is 25.0 Å². The van der Waals surface area contributed by atoms with Crippen LogP contribution in [0.15, 0.2) is 59.2 Å². The zero-order valence-electron chi connectivity index (χ0n) is 17.4. The molecule has 2 heterocycles. The van der Waals surface area contributed by atoms with Gasteiger partial charge < -0.3 is 25.3 Å². The van der Waals surface area contributed by atoms with E-state index in [0.29, 0.717) is 24.5 Å². The van der Waals surface area contributed by atoms with Crippen LogP contribution < -0.4 is 16.0 Å². The SMILES string of the molecule is O=C(/C=C/c1ccco1)NCCC(=O)N1CCCCC1CNC(=O)Nc1ccccc1. The summed E-state index contributed by atoms with van der Waals surface area (Å²) in [5.74, 6) is 0.287. The number of urea groups is 1. The van der Waals surface area contributed by atoms with Crippen LogP contribution in [0.5, 0.6) is 0 Å². The molecule has 1 saturated heterocycles. The molecule has 0 spiro atoms. The zero-order chi connectivity index (χ0) is 21.9. The number of hydrogen-bond donors (Lipinski definition) is 3. The maximum Gasteiger partial charge on any atom is 0.319 e. The van der Waals surface area contributed by atoms with Crippen molar-refractivity contribution in [3.63, 3.8) is 0 Å². The summed E-state index contributed by atoms with van der Waals surface area (Å²) in [4.78, 5) is 38.5. The molecule has 1 unspecified atom stereocenters. The van der Waals surface area contributed by atoms with E-state index in [1.54, 1.807) is 18.2 Å². The lowest BCUT2D eigenvalue weighted by Crippen LogP contribution is -2.50. The van der Waals surface area contributed by atoms with Gasteiger partial charge in [0.1, 0.15) is 5.76 Å². The molecule has 0 aliphatic carbocycles. The van der Waals surface area contributed by atoms with Gasteiger partial charge in [-0.05, 0) is 49.6 Å². The molecule has 1 aliphatic heterocycles. The molecular formula is C23H28N4O4. The molecule has 0 bridgehead atoms. The maximum atomic E-state index is 12.7. The van der Waals surface area contributed by atoms with Crippen LogP contribution in [0.25, 0.3) is 6.08 Å². The van der Waals surface area contributed by atoms with Crippen molar-refractivity contribution in [3.05, 3.63) is 60.6 Å². The molecule has 3 N–H and O–H groups in total. The second-order valence-corrected chi connectivity index (χ2v) is 7.33. The van der Waals surface area contributed by atoms with Crippen LogP contribution in [-0.4, -0.2) is 48.4 Å². The third-order valence-electron chi connectivity index (χ3n) is 5.06. The van der Waals surface area contributed by atoms with E-state index in [1.807, 2.05) is 35.2 Å². The molecule has 3 rings (SSSR count). The molecule has 0 saturated carbocycles. The van der Waals surface area contributed by atoms with Gasteiger partial charge in [-0.1, -0.05) is 18.2 Å². The van der Waals surface area contributed by atoms with E-state index in [0.717, 1.165) is 19.3 Å². The average Bonchev–Trinajstić information content (AvgIpc) is 3.31. The summed E-state index contributed by atoms with van der Waals surface area (Å²) in [7, 11) is 0. The van der Waals surface area contributed by atoms with Crippen molar-refractivity contribution in [3.8, 4) is 0 Å². The van der Waals surface area contributed by atoms with Gasteiger partial charge in [-0.3, -0.25) is 9.59 Å². The van der Waals surface area contributed by atoms with E-state index >= 15 is 0 Å². The molecule has 1 aromatic carbocycles. The van der Waals surface area contributed by atoms with Crippen molar-refractivity contribution < 1.29 is 18.8 Å². The van der Waals surface area contributed by atoms with E-state index in [4.69, 9.17) is 4.42 Å². The molecule has 4 amide bonds. The lowest BCUT2D eigenvalue weighted by molar-refractivity contribution is -0.134. The Hall–Kier alpha value is -3.55. The molecule has 1 atom stereocenters. The summed E-state index contributed by atoms with van der Waals surface area (Å²) >= 11 is 0. The van der Waals surface area contributed by atoms with Crippen LogP contribution in [0.1, 0.15) is 31.4 Å². The Labute approximate surface area is 181 Å². The number of furan rings is 1. The molecule has 1 fully saturated rings. The normalized spacial score (nSPS) is 16.1. The highest BCUT2D eigenvalue weighted by atomic mass is 16.3. The van der Waals surface area contributed by atoms with Gasteiger partial charge in [0.05, 0.1) is 6.26 Å². The minimum Gasteiger partial charge on any atom is -0.465 e. The lowest BCUT2D eigenvalue weighted by atomic mass is 10.0. The Balaban J connectivity index is 1.40. The largest absolute Gasteiger partial charge is 0.465 e. The number of nitrogens with one attached hydrogen (secondary N) is 3. The summed E-state index contributed by atoms with van der Waals surface area (Å²) in [6.07, 6.45) is 7.50. The highest BCUT2D eigenvalue weighted by molar-refractivity contribution is 5.91. The third-order valence-corrected chi connectivity index (χ3v) is 5.06. The number of para-hydroxylation sites is 1. The van der Waals surface area contributed by atoms with Gasteiger partial charge in [0, 0.05) is 43.9 Å². The first-order valence-corrected chi connectivity index (χ1v) is 10.5. The second kappa shape index (κ2) is 11.6. The minimum atomic E-state index is -0.292. The van der Waals surface area contributed by atoms with E-state index in [2.05, 4.69) is 16.0 Å². The van der Waals surface area contributed by atoms with Gasteiger partial charge in [0.2, 0.25) is 11.8 Å². The van der Waals surface area contributed by atoms with Crippen molar-refractivity contribution in [2.24, 2.45) is 0 Å². The third kappa shape index (κ3) is 7.33. The van der Waals surface area contributed by atoms with Crippen LogP contribution in [0, 0.1) is 0 Å². The number of piperidine rings is 1. The Kier molecular flexibility index (Phi) is 8.28. The maximum absolute atomic E-state index is 12.7. The number of carbonyl (C=O) groups excluding carboxylic acids is 3. The number of benzene rings is 1. The summed E-state index contributed by atoms with van der Waals surface area (Å²) in [6, 6.07) is 12.4. The van der Waals surface area contributed by atoms with Crippen LogP contribution >= 0.6 is 0 Å². The fourth-order valence-corrected chi connectivity index (χ4v) is 3.49. The number of nitrogens with zero attached hydrogens (tertiary/aromatic N) is 1. The number of amides is 4. The zero-order valence-corrected chi connectivity index (χ0v) is 17.4. The molecule has 0 radical (unpaired) electrons. The molecule has 31 heavy (non-hydrogen) atoms. The van der Waals surface area contributed by atoms with Crippen molar-refractivity contribution in [1.29, 1.82) is 0 Å². The molecule has 164 valence electrons. The Morgan fingerprint density at radius 1 is 1.06 bits per heavy atom. The van der Waals surface area contributed by atoms with Gasteiger partial charge in [-0.25, -0.2) is 4.79 Å². The Morgan fingerprint density at radius 3 is 2.68 bits per heavy atom. The van der Waals surface area contributed by atoms with Gasteiger partial charge in [0.25, 0.3) is 0 Å². The van der Waals surface area contributed by atoms with Crippen LogP contribution in [0.3, 0.4) is 0 Å². The Morgan fingerprint density at radius 2 is 1.90 bits per heavy atom. The van der Waals surface area contributed by atoms with Gasteiger partial charge in [-0.2, -0.15) is 0 Å². The number of likely N-dealkylation sites (tertiary alicyclic amines) is 1. The van der Waals surface area contributed by atoms with Crippen molar-refractivity contribution in [1.82, 2.24) is 15.5 Å². The molecule has 1 aromatic heterocycles. The van der Waals surface area contributed by atoms with Crippen molar-refractivity contribution >= 4 is 29.6 Å². The summed E-state index contributed by atoms with van der Waals surface area (Å²) in [5, 5.41) is 8.35. The Bertz CT molecular complexity index is 880. The summed E-state index contributed by atoms with van der Waals surface area (Å²) in [6.45, 7) is 1.31. The molecule has 8 nitrogen and oxygen atoms in total. The quantitative estimate of drug-likeness (QED) is 0.567. The summed E-state index contributed by atoms with van der Waals surface area (Å²) < 4.78 is 5.13. The fraction of sp³-hybridized carbons (Fsp3) is 0.348. The summed E-state index contributed by atoms with van der Waals surface area (Å²) in [5.41, 5.74) is 0.716. The van der Waals surface area contributed by atoms with E-state index < -0.39 is 0 Å². The number of rotatable bonds is 8. The number of hydrogen-bond acceptors (Lipinski definition) is 4. The topological polar surface area (TPSA) is 104 Å². The number of anilines is 1. The molecule has 1 aliphatic rings. The average molecular weight is 425 g/mol. The lowest BCUT2D eigenvalue weighted by Gasteiger charge is -2.36. The number of carbonyl (C=O) groups is 3. The molecule has 2 aromatic rings. The highest BCUT2D eigenvalue weighted by Gasteiger charge is 2.26. The highest BCUT2D eigenvalue weighted by Crippen LogP contribution is 2.17. The molecular weight excluding hydrogens is 396 g/mol. The smallest absolute Gasteiger partial charge is 0.319 e. The first kappa shape index (κ1) is 22.1. The van der Waals surface area contributed by atoms with Crippen LogP contribution in [0.4, 0.5) is 10.5 Å². The van der Waals surface area contributed by atoms with Crippen LogP contribution in [0.2, 0.25) is 0 Å². The predicted octanol–water partition coefficient (Wildman–Crippen LogP) is 3.00. The minimum absolute atomic E-state index is 0.0229. The van der Waals surface area contributed by atoms with Gasteiger partial charge in [0.15, 0.2) is 0 Å². The van der Waals surface area contributed by atoms with E-state index in [-0.39, 0.29) is 36.9 Å². The van der Waals surface area contributed by atoms with E-state index in [9.17, 15) is 14.4 Å².